The molecule has 0 saturated heterocycles. The zero-order valence-corrected chi connectivity index (χ0v) is 15.0. The van der Waals surface area contributed by atoms with Crippen LogP contribution in [0.4, 0.5) is 0 Å². The van der Waals surface area contributed by atoms with E-state index in [9.17, 15) is 13.2 Å². The summed E-state index contributed by atoms with van der Waals surface area (Å²) < 4.78 is 27.6. The highest BCUT2D eigenvalue weighted by molar-refractivity contribution is 7.89. The topological polar surface area (TPSA) is 80.2 Å². The first-order chi connectivity index (χ1) is 13.1. The van der Waals surface area contributed by atoms with E-state index in [0.717, 1.165) is 4.31 Å². The first kappa shape index (κ1) is 17.1. The Morgan fingerprint density at radius 1 is 0.963 bits per heavy atom. The largest absolute Gasteiger partial charge is 0.287 e. The van der Waals surface area contributed by atoms with Gasteiger partial charge >= 0.3 is 0 Å². The predicted molar refractivity (Wildman–Crippen MR) is 100.0 cm³/mol. The summed E-state index contributed by atoms with van der Waals surface area (Å²) in [6.45, 7) is 0.00884. The highest BCUT2D eigenvalue weighted by Crippen LogP contribution is 2.34. The molecule has 0 atom stereocenters. The van der Waals surface area contributed by atoms with Crippen molar-refractivity contribution in [2.75, 3.05) is 0 Å². The molecule has 0 radical (unpaired) electrons. The minimum atomic E-state index is -3.89. The van der Waals surface area contributed by atoms with Crippen molar-refractivity contribution in [2.45, 2.75) is 11.4 Å². The van der Waals surface area contributed by atoms with Crippen LogP contribution in [0.25, 0.3) is 6.08 Å². The van der Waals surface area contributed by atoms with E-state index in [1.165, 1.54) is 18.2 Å². The molecule has 0 unspecified atom stereocenters. The maximum Gasteiger partial charge on any atom is 0.265 e. The number of carbonyl (C=O) groups excluding carboxylic acids is 1. The number of ketones is 1. The van der Waals surface area contributed by atoms with Crippen molar-refractivity contribution in [3.8, 4) is 0 Å². The fourth-order valence-electron chi connectivity index (χ4n) is 2.95. The van der Waals surface area contributed by atoms with E-state index >= 15 is 0 Å². The molecule has 7 heteroatoms. The molecule has 6 nitrogen and oxygen atoms in total. The molecule has 1 aromatic carbocycles. The lowest BCUT2D eigenvalue weighted by molar-refractivity contribution is 0.100. The number of nitrogens with zero attached hydrogens (tertiary/aromatic N) is 3. The second kappa shape index (κ2) is 6.77. The molecule has 0 fully saturated rings. The minimum absolute atomic E-state index is 0.00884. The summed E-state index contributed by atoms with van der Waals surface area (Å²) in [5.74, 6) is -0.352. The van der Waals surface area contributed by atoms with Crippen LogP contribution in [-0.2, 0) is 16.6 Å². The molecule has 134 valence electrons. The van der Waals surface area contributed by atoms with Crippen molar-refractivity contribution in [1.82, 2.24) is 14.3 Å². The van der Waals surface area contributed by atoms with E-state index in [4.69, 9.17) is 0 Å². The summed E-state index contributed by atoms with van der Waals surface area (Å²) in [6.07, 6.45) is 6.29. The average molecular weight is 377 g/mol. The SMILES string of the molecule is O=C1/C(=C\c2ccccn2)N(Cc2cccnc2)S(=O)(=O)c2ccccc21. The molecular weight excluding hydrogens is 362 g/mol. The normalized spacial score (nSPS) is 17.0. The second-order valence-corrected chi connectivity index (χ2v) is 7.81. The smallest absolute Gasteiger partial charge is 0.265 e. The van der Waals surface area contributed by atoms with Crippen molar-refractivity contribution >= 4 is 21.9 Å². The van der Waals surface area contributed by atoms with Gasteiger partial charge in [-0.05, 0) is 42.0 Å². The molecular formula is C20H15N3O3S. The Hall–Kier alpha value is -3.32. The standard InChI is InChI=1S/C20H15N3O3S/c24-20-17-8-1-2-9-19(17)27(25,26)23(14-15-6-5-10-21-13-15)18(20)12-16-7-3-4-11-22-16/h1-13H,14H2/b18-12+. The molecule has 2 aromatic heterocycles. The predicted octanol–water partition coefficient (Wildman–Crippen LogP) is 2.90. The Kier molecular flexibility index (Phi) is 4.29. The van der Waals surface area contributed by atoms with Crippen molar-refractivity contribution in [3.05, 3.63) is 95.7 Å². The summed E-state index contributed by atoms with van der Waals surface area (Å²) in [5, 5.41) is 0. The quantitative estimate of drug-likeness (QED) is 0.656. The molecule has 0 amide bonds. The van der Waals surface area contributed by atoms with Crippen LogP contribution >= 0.6 is 0 Å². The third-order valence-corrected chi connectivity index (χ3v) is 6.04. The van der Waals surface area contributed by atoms with E-state index in [1.807, 2.05) is 0 Å². The summed E-state index contributed by atoms with van der Waals surface area (Å²) in [5.41, 5.74) is 1.42. The van der Waals surface area contributed by atoms with Gasteiger partial charge in [0.05, 0.1) is 17.1 Å². The van der Waals surface area contributed by atoms with Gasteiger partial charge in [-0.3, -0.25) is 19.1 Å². The first-order valence-corrected chi connectivity index (χ1v) is 9.69. The van der Waals surface area contributed by atoms with Crippen LogP contribution in [0, 0.1) is 0 Å². The van der Waals surface area contributed by atoms with Crippen LogP contribution in [0.1, 0.15) is 21.6 Å². The lowest BCUT2D eigenvalue weighted by Gasteiger charge is -2.31. The molecule has 27 heavy (non-hydrogen) atoms. The van der Waals surface area contributed by atoms with Crippen LogP contribution < -0.4 is 0 Å². The Labute approximate surface area is 156 Å². The van der Waals surface area contributed by atoms with Crippen molar-refractivity contribution < 1.29 is 13.2 Å². The maximum atomic E-state index is 13.2. The molecule has 0 saturated carbocycles. The number of benzene rings is 1. The van der Waals surface area contributed by atoms with Gasteiger partial charge in [-0.1, -0.05) is 24.3 Å². The van der Waals surface area contributed by atoms with Gasteiger partial charge in [-0.15, -0.1) is 0 Å². The average Bonchev–Trinajstić information content (AvgIpc) is 2.71. The number of Topliss-reactive ketones (excluding diaryl/α,β-unsaturated/α-hetero) is 1. The summed E-state index contributed by atoms with van der Waals surface area (Å²) >= 11 is 0. The number of sulfonamides is 1. The van der Waals surface area contributed by atoms with Gasteiger partial charge in [-0.25, -0.2) is 8.42 Å². The van der Waals surface area contributed by atoms with Crippen molar-refractivity contribution in [1.29, 1.82) is 0 Å². The van der Waals surface area contributed by atoms with Crippen LogP contribution in [0.3, 0.4) is 0 Å². The third kappa shape index (κ3) is 3.13. The number of pyridine rings is 2. The number of allylic oxidation sites excluding steroid dienone is 1. The fraction of sp³-hybridized carbons (Fsp3) is 0.0500. The van der Waals surface area contributed by atoms with Gasteiger partial charge in [0.2, 0.25) is 5.78 Å². The highest BCUT2D eigenvalue weighted by Gasteiger charge is 2.39. The van der Waals surface area contributed by atoms with Crippen molar-refractivity contribution in [3.63, 3.8) is 0 Å². The number of rotatable bonds is 3. The van der Waals surface area contributed by atoms with Gasteiger partial charge in [-0.2, -0.15) is 0 Å². The Bertz CT molecular complexity index is 1130. The zero-order valence-electron chi connectivity index (χ0n) is 14.2. The molecule has 1 aliphatic heterocycles. The molecule has 0 bridgehead atoms. The first-order valence-electron chi connectivity index (χ1n) is 8.25. The molecule has 4 rings (SSSR count). The van der Waals surface area contributed by atoms with E-state index < -0.39 is 10.0 Å². The minimum Gasteiger partial charge on any atom is -0.287 e. The maximum absolute atomic E-state index is 13.2. The van der Waals surface area contributed by atoms with E-state index in [2.05, 4.69) is 9.97 Å². The van der Waals surface area contributed by atoms with Crippen molar-refractivity contribution in [2.24, 2.45) is 0 Å². The lowest BCUT2D eigenvalue weighted by atomic mass is 10.1. The molecule has 1 aliphatic rings. The Balaban J connectivity index is 1.91. The van der Waals surface area contributed by atoms with Gasteiger partial charge in [0.25, 0.3) is 10.0 Å². The van der Waals surface area contributed by atoms with Crippen LogP contribution in [0.2, 0.25) is 0 Å². The lowest BCUT2D eigenvalue weighted by Crippen LogP contribution is -2.38. The summed E-state index contributed by atoms with van der Waals surface area (Å²) in [6, 6.07) is 15.0. The molecule has 0 N–H and O–H groups in total. The van der Waals surface area contributed by atoms with E-state index in [-0.39, 0.29) is 28.5 Å². The van der Waals surface area contributed by atoms with Gasteiger partial charge in [0, 0.05) is 24.2 Å². The van der Waals surface area contributed by atoms with E-state index in [1.54, 1.807) is 61.1 Å². The van der Waals surface area contributed by atoms with Crippen LogP contribution in [0.15, 0.2) is 83.8 Å². The van der Waals surface area contributed by atoms with Gasteiger partial charge in [0.15, 0.2) is 0 Å². The Morgan fingerprint density at radius 3 is 2.52 bits per heavy atom. The zero-order chi connectivity index (χ0) is 18.9. The molecule has 0 aliphatic carbocycles. The highest BCUT2D eigenvalue weighted by atomic mass is 32.2. The van der Waals surface area contributed by atoms with E-state index in [0.29, 0.717) is 11.3 Å². The molecule has 0 spiro atoms. The van der Waals surface area contributed by atoms with Crippen LogP contribution in [-0.4, -0.2) is 28.5 Å². The fourth-order valence-corrected chi connectivity index (χ4v) is 4.59. The van der Waals surface area contributed by atoms with Crippen LogP contribution in [0.5, 0.6) is 0 Å². The van der Waals surface area contributed by atoms with Gasteiger partial charge < -0.3 is 0 Å². The third-order valence-electron chi connectivity index (χ3n) is 4.22. The number of carbonyl (C=O) groups is 1. The summed E-state index contributed by atoms with van der Waals surface area (Å²) in [4.78, 5) is 21.3. The number of aromatic nitrogens is 2. The molecule has 3 aromatic rings. The summed E-state index contributed by atoms with van der Waals surface area (Å²) in [7, 11) is -3.89. The second-order valence-electron chi connectivity index (χ2n) is 5.98. The number of hydrogen-bond donors (Lipinski definition) is 0. The molecule has 3 heterocycles. The Morgan fingerprint density at radius 2 is 1.78 bits per heavy atom. The number of fused-ring (bicyclic) bond motifs is 1. The van der Waals surface area contributed by atoms with Gasteiger partial charge in [0.1, 0.15) is 5.70 Å². The number of hydrogen-bond acceptors (Lipinski definition) is 5. The monoisotopic (exact) mass is 377 g/mol.